The van der Waals surface area contributed by atoms with Gasteiger partial charge in [-0.2, -0.15) is 0 Å². The molecule has 0 saturated carbocycles. The minimum atomic E-state index is -0.826. The van der Waals surface area contributed by atoms with E-state index in [2.05, 4.69) is 11.4 Å². The molecule has 1 aromatic rings. The van der Waals surface area contributed by atoms with Crippen molar-refractivity contribution in [1.82, 2.24) is 4.90 Å². The van der Waals surface area contributed by atoms with Crippen molar-refractivity contribution in [1.29, 1.82) is 0 Å². The van der Waals surface area contributed by atoms with Gasteiger partial charge in [0.1, 0.15) is 0 Å². The second-order valence-electron chi connectivity index (χ2n) is 5.85. The number of anilines is 1. The number of rotatable bonds is 4. The molecule has 0 aliphatic carbocycles. The molecule has 0 bridgehead atoms. The van der Waals surface area contributed by atoms with E-state index >= 15 is 0 Å². The highest BCUT2D eigenvalue weighted by atomic mass is 16.4. The zero-order valence-electron chi connectivity index (χ0n) is 11.9. The second kappa shape index (κ2) is 5.76. The lowest BCUT2D eigenvalue weighted by molar-refractivity contribution is -0.140. The topological polar surface area (TPSA) is 69.6 Å². The number of carboxylic acids is 1. The molecule has 1 aromatic carbocycles. The Morgan fingerprint density at radius 1 is 1.29 bits per heavy atom. The molecule has 2 N–H and O–H groups in total. The highest BCUT2D eigenvalue weighted by molar-refractivity contribution is 5.80. The number of carbonyl (C=O) groups is 2. The molecule has 3 rings (SSSR count). The summed E-state index contributed by atoms with van der Waals surface area (Å²) >= 11 is 0. The van der Waals surface area contributed by atoms with Crippen molar-refractivity contribution in [2.45, 2.75) is 37.6 Å². The van der Waals surface area contributed by atoms with Crippen molar-refractivity contribution >= 4 is 17.6 Å². The van der Waals surface area contributed by atoms with Crippen LogP contribution in [-0.2, 0) is 9.59 Å². The number of likely N-dealkylation sites (tertiary alicyclic amines) is 1. The average molecular weight is 288 g/mol. The van der Waals surface area contributed by atoms with Gasteiger partial charge in [-0.15, -0.1) is 0 Å². The molecule has 5 heteroatoms. The minimum absolute atomic E-state index is 0.0608. The molecule has 0 spiro atoms. The fourth-order valence-corrected chi connectivity index (χ4v) is 3.45. The monoisotopic (exact) mass is 288 g/mol. The van der Waals surface area contributed by atoms with E-state index in [1.807, 2.05) is 18.2 Å². The third-order valence-electron chi connectivity index (χ3n) is 4.47. The number of fused-ring (bicyclic) bond motifs is 1. The van der Waals surface area contributed by atoms with Gasteiger partial charge in [0.25, 0.3) is 0 Å². The Hall–Kier alpha value is -2.04. The van der Waals surface area contributed by atoms with Gasteiger partial charge in [-0.25, -0.2) is 0 Å². The van der Waals surface area contributed by atoms with Gasteiger partial charge in [-0.05, 0) is 24.5 Å². The number of para-hydroxylation sites is 1. The average Bonchev–Trinajstić information content (AvgIpc) is 3.06. The molecule has 2 aliphatic heterocycles. The maximum atomic E-state index is 12.5. The van der Waals surface area contributed by atoms with Crippen LogP contribution in [0, 0.1) is 0 Å². The van der Waals surface area contributed by atoms with Crippen molar-refractivity contribution in [3.63, 3.8) is 0 Å². The van der Waals surface area contributed by atoms with E-state index in [9.17, 15) is 9.59 Å². The van der Waals surface area contributed by atoms with E-state index < -0.39 is 5.97 Å². The number of amides is 1. The van der Waals surface area contributed by atoms with Gasteiger partial charge < -0.3 is 15.3 Å². The zero-order chi connectivity index (χ0) is 14.8. The standard InChI is InChI=1S/C16H20N2O3/c19-15(18-7-3-4-12(18)9-16(20)21)8-11-10-17-14-6-2-1-5-13(11)14/h1-2,5-6,11-12,17H,3-4,7-10H2,(H,20,21). The van der Waals surface area contributed by atoms with Crippen molar-refractivity contribution in [2.24, 2.45) is 0 Å². The van der Waals surface area contributed by atoms with Crippen LogP contribution < -0.4 is 5.32 Å². The van der Waals surface area contributed by atoms with E-state index in [4.69, 9.17) is 5.11 Å². The first-order valence-corrected chi connectivity index (χ1v) is 7.49. The van der Waals surface area contributed by atoms with Crippen LogP contribution in [0.1, 0.15) is 37.2 Å². The smallest absolute Gasteiger partial charge is 0.305 e. The van der Waals surface area contributed by atoms with Gasteiger partial charge in [0.05, 0.1) is 6.42 Å². The molecule has 1 amide bonds. The number of aliphatic carboxylic acids is 1. The fourth-order valence-electron chi connectivity index (χ4n) is 3.45. The summed E-state index contributed by atoms with van der Waals surface area (Å²) in [6.45, 7) is 1.47. The molecular formula is C16H20N2O3. The number of hydrogen-bond acceptors (Lipinski definition) is 3. The van der Waals surface area contributed by atoms with Gasteiger partial charge in [0.2, 0.25) is 5.91 Å². The van der Waals surface area contributed by atoms with Crippen LogP contribution in [0.15, 0.2) is 24.3 Å². The van der Waals surface area contributed by atoms with Crippen LogP contribution in [0.4, 0.5) is 5.69 Å². The van der Waals surface area contributed by atoms with Gasteiger partial charge in [-0.1, -0.05) is 18.2 Å². The summed E-state index contributed by atoms with van der Waals surface area (Å²) in [5, 5.41) is 12.3. The molecule has 0 aromatic heterocycles. The third kappa shape index (κ3) is 2.86. The Morgan fingerprint density at radius 2 is 2.10 bits per heavy atom. The Bertz CT molecular complexity index is 558. The third-order valence-corrected chi connectivity index (χ3v) is 4.47. The number of nitrogens with one attached hydrogen (secondary N) is 1. The molecule has 2 atom stereocenters. The van der Waals surface area contributed by atoms with Gasteiger partial charge in [0.15, 0.2) is 0 Å². The first kappa shape index (κ1) is 13.9. The molecule has 1 fully saturated rings. The molecule has 2 unspecified atom stereocenters. The van der Waals surface area contributed by atoms with E-state index in [0.29, 0.717) is 13.0 Å². The number of nitrogens with zero attached hydrogens (tertiary/aromatic N) is 1. The number of hydrogen-bond donors (Lipinski definition) is 2. The predicted molar refractivity (Wildman–Crippen MR) is 79.3 cm³/mol. The van der Waals surface area contributed by atoms with E-state index in [-0.39, 0.29) is 24.3 Å². The van der Waals surface area contributed by atoms with Crippen LogP contribution in [0.2, 0.25) is 0 Å². The van der Waals surface area contributed by atoms with Crippen molar-refractivity contribution in [3.8, 4) is 0 Å². The summed E-state index contributed by atoms with van der Waals surface area (Å²) < 4.78 is 0. The van der Waals surface area contributed by atoms with Crippen molar-refractivity contribution < 1.29 is 14.7 Å². The van der Waals surface area contributed by atoms with Gasteiger partial charge >= 0.3 is 5.97 Å². The summed E-state index contributed by atoms with van der Waals surface area (Å²) in [4.78, 5) is 25.2. The van der Waals surface area contributed by atoms with Crippen LogP contribution in [-0.4, -0.2) is 41.0 Å². The summed E-state index contributed by atoms with van der Waals surface area (Å²) in [6, 6.07) is 7.94. The zero-order valence-corrected chi connectivity index (χ0v) is 11.9. The van der Waals surface area contributed by atoms with Crippen LogP contribution >= 0.6 is 0 Å². The Morgan fingerprint density at radius 3 is 2.90 bits per heavy atom. The lowest BCUT2D eigenvalue weighted by atomic mass is 9.97. The number of carbonyl (C=O) groups excluding carboxylic acids is 1. The molecule has 2 heterocycles. The molecule has 5 nitrogen and oxygen atoms in total. The first-order chi connectivity index (χ1) is 10.1. The number of benzene rings is 1. The summed E-state index contributed by atoms with van der Waals surface area (Å²) in [5.74, 6) is -0.547. The molecule has 2 aliphatic rings. The van der Waals surface area contributed by atoms with E-state index in [0.717, 1.165) is 25.1 Å². The normalized spacial score (nSPS) is 23.7. The quantitative estimate of drug-likeness (QED) is 0.889. The van der Waals surface area contributed by atoms with Gasteiger partial charge in [-0.3, -0.25) is 9.59 Å². The molecular weight excluding hydrogens is 268 g/mol. The van der Waals surface area contributed by atoms with Gasteiger partial charge in [0, 0.05) is 37.2 Å². The predicted octanol–water partition coefficient (Wildman–Crippen LogP) is 2.05. The molecule has 21 heavy (non-hydrogen) atoms. The van der Waals surface area contributed by atoms with Crippen LogP contribution in [0.5, 0.6) is 0 Å². The SMILES string of the molecule is O=C(O)CC1CCCN1C(=O)CC1CNc2ccccc21. The molecule has 0 radical (unpaired) electrons. The maximum Gasteiger partial charge on any atom is 0.305 e. The minimum Gasteiger partial charge on any atom is -0.481 e. The lowest BCUT2D eigenvalue weighted by Gasteiger charge is -2.25. The van der Waals surface area contributed by atoms with E-state index in [1.54, 1.807) is 4.90 Å². The van der Waals surface area contributed by atoms with Crippen LogP contribution in [0.25, 0.3) is 0 Å². The summed E-state index contributed by atoms with van der Waals surface area (Å²) in [7, 11) is 0. The fraction of sp³-hybridized carbons (Fsp3) is 0.500. The summed E-state index contributed by atoms with van der Waals surface area (Å²) in [6.07, 6.45) is 2.23. The maximum absolute atomic E-state index is 12.5. The summed E-state index contributed by atoms with van der Waals surface area (Å²) in [5.41, 5.74) is 2.30. The highest BCUT2D eigenvalue weighted by Crippen LogP contribution is 2.34. The largest absolute Gasteiger partial charge is 0.481 e. The molecule has 112 valence electrons. The Kier molecular flexibility index (Phi) is 3.82. The number of carboxylic acid groups (broad SMARTS) is 1. The van der Waals surface area contributed by atoms with Crippen LogP contribution in [0.3, 0.4) is 0 Å². The van der Waals surface area contributed by atoms with Crippen molar-refractivity contribution in [2.75, 3.05) is 18.4 Å². The second-order valence-corrected chi connectivity index (χ2v) is 5.85. The van der Waals surface area contributed by atoms with E-state index in [1.165, 1.54) is 5.56 Å². The Balaban J connectivity index is 1.66. The lowest BCUT2D eigenvalue weighted by Crippen LogP contribution is -2.37. The molecule has 1 saturated heterocycles. The Labute approximate surface area is 123 Å². The first-order valence-electron chi connectivity index (χ1n) is 7.49. The highest BCUT2D eigenvalue weighted by Gasteiger charge is 2.33. The van der Waals surface area contributed by atoms with Crippen molar-refractivity contribution in [3.05, 3.63) is 29.8 Å².